The molecule has 2 N–H and O–H groups in total. The van der Waals surface area contributed by atoms with Gasteiger partial charge in [-0.1, -0.05) is 11.6 Å². The number of carbonyl (C=O) groups excluding carboxylic acids is 1. The van der Waals surface area contributed by atoms with Crippen LogP contribution in [0.1, 0.15) is 16.1 Å². The maximum Gasteiger partial charge on any atom is 0.275 e. The smallest absolute Gasteiger partial charge is 0.275 e. The van der Waals surface area contributed by atoms with Gasteiger partial charge in [-0.3, -0.25) is 14.9 Å². The number of hydrogen-bond donors (Lipinski definition) is 2. The lowest BCUT2D eigenvalue weighted by atomic mass is 10.2. The monoisotopic (exact) mass is 384 g/mol. The Bertz CT molecular complexity index is 1030. The Hall–Kier alpha value is -3.65. The fourth-order valence-corrected chi connectivity index (χ4v) is 2.55. The highest BCUT2D eigenvalue weighted by Gasteiger charge is 2.11. The Morgan fingerprint density at radius 2 is 1.96 bits per heavy atom. The van der Waals surface area contributed by atoms with Crippen molar-refractivity contribution in [2.75, 3.05) is 0 Å². The molecule has 0 aliphatic carbocycles. The molecule has 0 saturated heterocycles. The molecule has 1 heterocycles. The number of amides is 1. The number of phenols is 1. The zero-order valence-corrected chi connectivity index (χ0v) is 14.5. The number of nitro groups is 1. The van der Waals surface area contributed by atoms with Gasteiger partial charge in [0.1, 0.15) is 5.75 Å². The fourth-order valence-electron chi connectivity index (χ4n) is 2.38. The lowest BCUT2D eigenvalue weighted by Crippen LogP contribution is -2.18. The highest BCUT2D eigenvalue weighted by Crippen LogP contribution is 2.21. The Morgan fingerprint density at radius 1 is 1.22 bits per heavy atom. The van der Waals surface area contributed by atoms with Gasteiger partial charge in [-0.25, -0.2) is 5.43 Å². The number of benzene rings is 2. The van der Waals surface area contributed by atoms with Crippen molar-refractivity contribution in [1.82, 2.24) is 9.99 Å². The predicted octanol–water partition coefficient (Wildman–Crippen LogP) is 3.51. The van der Waals surface area contributed by atoms with Gasteiger partial charge in [0.05, 0.1) is 22.4 Å². The standard InChI is InChI=1S/C18H13ClN4O4/c19-12-3-8-17(24)16(10-12)18(25)21-20-11-15-2-1-9-22(15)13-4-6-14(7-5-13)23(26)27/h1-11,24H,(H,21,25)/b20-11+. The van der Waals surface area contributed by atoms with E-state index in [4.69, 9.17) is 11.6 Å². The fraction of sp³-hybridized carbons (Fsp3) is 0. The molecule has 136 valence electrons. The van der Waals surface area contributed by atoms with Crippen LogP contribution in [0.4, 0.5) is 5.69 Å². The Morgan fingerprint density at radius 3 is 2.67 bits per heavy atom. The van der Waals surface area contributed by atoms with Crippen molar-refractivity contribution in [2.45, 2.75) is 0 Å². The molecule has 0 aliphatic heterocycles. The van der Waals surface area contributed by atoms with Crippen LogP contribution in [-0.4, -0.2) is 26.7 Å². The summed E-state index contributed by atoms with van der Waals surface area (Å²) >= 11 is 5.82. The second kappa shape index (κ2) is 7.71. The van der Waals surface area contributed by atoms with Crippen molar-refractivity contribution in [3.8, 4) is 11.4 Å². The van der Waals surface area contributed by atoms with Crippen molar-refractivity contribution < 1.29 is 14.8 Å². The highest BCUT2D eigenvalue weighted by atomic mass is 35.5. The quantitative estimate of drug-likeness (QED) is 0.398. The summed E-state index contributed by atoms with van der Waals surface area (Å²) in [5, 5.41) is 24.7. The molecule has 1 amide bonds. The second-order valence-electron chi connectivity index (χ2n) is 5.44. The topological polar surface area (TPSA) is 110 Å². The molecular formula is C18H13ClN4O4. The predicted molar refractivity (Wildman–Crippen MR) is 101 cm³/mol. The molecule has 27 heavy (non-hydrogen) atoms. The number of rotatable bonds is 5. The van der Waals surface area contributed by atoms with Gasteiger partial charge in [0.15, 0.2) is 0 Å². The van der Waals surface area contributed by atoms with Crippen LogP contribution in [0.2, 0.25) is 5.02 Å². The number of aromatic hydroxyl groups is 1. The van der Waals surface area contributed by atoms with Crippen LogP contribution in [0.5, 0.6) is 5.75 Å². The molecule has 3 aromatic rings. The van der Waals surface area contributed by atoms with Crippen LogP contribution in [0.3, 0.4) is 0 Å². The Kier molecular flexibility index (Phi) is 5.18. The third kappa shape index (κ3) is 4.13. The van der Waals surface area contributed by atoms with Gasteiger partial charge in [-0.05, 0) is 42.5 Å². The number of non-ortho nitro benzene ring substituents is 1. The molecule has 0 spiro atoms. The minimum absolute atomic E-state index is 0.00489. The largest absolute Gasteiger partial charge is 0.507 e. The normalized spacial score (nSPS) is 10.9. The molecule has 9 heteroatoms. The number of phenolic OH excluding ortho intramolecular Hbond substituents is 1. The first-order valence-electron chi connectivity index (χ1n) is 7.70. The molecule has 8 nitrogen and oxygen atoms in total. The summed E-state index contributed by atoms with van der Waals surface area (Å²) < 4.78 is 1.75. The zero-order chi connectivity index (χ0) is 19.4. The van der Waals surface area contributed by atoms with Gasteiger partial charge < -0.3 is 9.67 Å². The molecule has 0 radical (unpaired) electrons. The van der Waals surface area contributed by atoms with E-state index in [1.54, 1.807) is 35.0 Å². The summed E-state index contributed by atoms with van der Waals surface area (Å²) in [7, 11) is 0. The van der Waals surface area contributed by atoms with E-state index in [0.29, 0.717) is 16.4 Å². The maximum atomic E-state index is 12.1. The van der Waals surface area contributed by atoms with Gasteiger partial charge >= 0.3 is 0 Å². The Labute approximate surface area is 158 Å². The average Bonchev–Trinajstić information content (AvgIpc) is 3.12. The van der Waals surface area contributed by atoms with E-state index in [0.717, 1.165) is 0 Å². The van der Waals surface area contributed by atoms with Crippen LogP contribution in [0, 0.1) is 10.1 Å². The van der Waals surface area contributed by atoms with E-state index in [-0.39, 0.29) is 17.0 Å². The van der Waals surface area contributed by atoms with E-state index in [9.17, 15) is 20.0 Å². The summed E-state index contributed by atoms with van der Waals surface area (Å²) in [6, 6.07) is 13.7. The summed E-state index contributed by atoms with van der Waals surface area (Å²) in [5.74, 6) is -0.818. The third-order valence-electron chi connectivity index (χ3n) is 3.69. The Balaban J connectivity index is 1.75. The highest BCUT2D eigenvalue weighted by molar-refractivity contribution is 6.31. The minimum Gasteiger partial charge on any atom is -0.507 e. The lowest BCUT2D eigenvalue weighted by Gasteiger charge is -2.06. The van der Waals surface area contributed by atoms with E-state index >= 15 is 0 Å². The first-order chi connectivity index (χ1) is 13.0. The average molecular weight is 385 g/mol. The molecule has 0 bridgehead atoms. The summed E-state index contributed by atoms with van der Waals surface area (Å²) in [6.07, 6.45) is 3.17. The third-order valence-corrected chi connectivity index (χ3v) is 3.92. The number of hydrazone groups is 1. The first-order valence-corrected chi connectivity index (χ1v) is 8.07. The lowest BCUT2D eigenvalue weighted by molar-refractivity contribution is -0.384. The molecule has 0 fully saturated rings. The van der Waals surface area contributed by atoms with Gasteiger partial charge in [-0.15, -0.1) is 0 Å². The van der Waals surface area contributed by atoms with E-state index < -0.39 is 10.8 Å². The van der Waals surface area contributed by atoms with Crippen LogP contribution < -0.4 is 5.43 Å². The van der Waals surface area contributed by atoms with Crippen molar-refractivity contribution in [1.29, 1.82) is 0 Å². The maximum absolute atomic E-state index is 12.1. The number of nitrogens with one attached hydrogen (secondary N) is 1. The van der Waals surface area contributed by atoms with Gasteiger partial charge in [0, 0.05) is 29.0 Å². The van der Waals surface area contributed by atoms with Gasteiger partial charge in [-0.2, -0.15) is 5.10 Å². The molecular weight excluding hydrogens is 372 g/mol. The molecule has 0 unspecified atom stereocenters. The van der Waals surface area contributed by atoms with Crippen LogP contribution in [0.25, 0.3) is 5.69 Å². The first kappa shape index (κ1) is 18.2. The van der Waals surface area contributed by atoms with Crippen LogP contribution >= 0.6 is 11.6 Å². The molecule has 1 aromatic heterocycles. The molecule has 0 atom stereocenters. The van der Waals surface area contributed by atoms with Crippen molar-refractivity contribution in [3.05, 3.63) is 87.2 Å². The minimum atomic E-state index is -0.611. The SMILES string of the molecule is O=C(N/N=C/c1cccn1-c1ccc([N+](=O)[O-])cc1)c1cc(Cl)ccc1O. The number of carbonyl (C=O) groups is 1. The van der Waals surface area contributed by atoms with E-state index in [1.165, 1.54) is 36.5 Å². The number of aromatic nitrogens is 1. The molecule has 2 aromatic carbocycles. The molecule has 0 aliphatic rings. The van der Waals surface area contributed by atoms with Crippen molar-refractivity contribution in [2.24, 2.45) is 5.10 Å². The van der Waals surface area contributed by atoms with E-state index in [2.05, 4.69) is 10.5 Å². The van der Waals surface area contributed by atoms with Crippen LogP contribution in [0.15, 0.2) is 65.9 Å². The van der Waals surface area contributed by atoms with Gasteiger partial charge in [0.25, 0.3) is 11.6 Å². The number of hydrogen-bond acceptors (Lipinski definition) is 5. The summed E-state index contributed by atoms with van der Waals surface area (Å²) in [5.41, 5.74) is 3.66. The van der Waals surface area contributed by atoms with Crippen molar-refractivity contribution >= 4 is 29.4 Å². The van der Waals surface area contributed by atoms with Crippen molar-refractivity contribution in [3.63, 3.8) is 0 Å². The van der Waals surface area contributed by atoms with Gasteiger partial charge in [0.2, 0.25) is 0 Å². The number of nitro benzene ring substituents is 1. The van der Waals surface area contributed by atoms with E-state index in [1.807, 2.05) is 0 Å². The summed E-state index contributed by atoms with van der Waals surface area (Å²) in [4.78, 5) is 22.4. The summed E-state index contributed by atoms with van der Waals surface area (Å²) in [6.45, 7) is 0. The number of nitrogens with zero attached hydrogens (tertiary/aromatic N) is 3. The van der Waals surface area contributed by atoms with Crippen LogP contribution in [-0.2, 0) is 0 Å². The molecule has 0 saturated carbocycles. The number of halogens is 1. The molecule has 3 rings (SSSR count). The second-order valence-corrected chi connectivity index (χ2v) is 5.87. The zero-order valence-electron chi connectivity index (χ0n) is 13.7.